The number of hydrogen-bond acceptors (Lipinski definition) is 4. The van der Waals surface area contributed by atoms with Gasteiger partial charge in [-0.2, -0.15) is 0 Å². The smallest absolute Gasteiger partial charge is 0.248 e. The molecule has 6 nitrogen and oxygen atoms in total. The van der Waals surface area contributed by atoms with Crippen molar-refractivity contribution in [3.63, 3.8) is 0 Å². The van der Waals surface area contributed by atoms with Gasteiger partial charge < -0.3 is 10.1 Å². The lowest BCUT2D eigenvalue weighted by Gasteiger charge is -2.14. The Bertz CT molecular complexity index is 979. The molecule has 2 aromatic rings. The summed E-state index contributed by atoms with van der Waals surface area (Å²) in [7, 11) is 0.924. The summed E-state index contributed by atoms with van der Waals surface area (Å²) < 4.78 is 31.2. The van der Waals surface area contributed by atoms with E-state index in [0.29, 0.717) is 17.0 Å². The number of rotatable bonds is 6. The number of ether oxygens (including phenoxy) is 1. The molecular weight excluding hydrogens is 364 g/mol. The molecule has 0 aromatic heterocycles. The number of carbonyl (C=O) groups excluding carboxylic acids is 1. The molecule has 0 aliphatic carbocycles. The third kappa shape index (κ3) is 4.96. The lowest BCUT2D eigenvalue weighted by Crippen LogP contribution is -2.23. The number of aryl methyl sites for hydroxylation is 2. The maximum absolute atomic E-state index is 12.4. The molecule has 1 N–H and O–H groups in total. The lowest BCUT2D eigenvalue weighted by molar-refractivity contribution is -0.111. The molecule has 0 saturated heterocycles. The summed E-state index contributed by atoms with van der Waals surface area (Å²) in [5.74, 6) is 0.301. The molecule has 0 heterocycles. The number of nitrogens with zero attached hydrogens (tertiary/aromatic N) is 1. The Morgan fingerprint density at radius 3 is 2.44 bits per heavy atom. The van der Waals surface area contributed by atoms with Gasteiger partial charge in [-0.1, -0.05) is 17.7 Å². The lowest BCUT2D eigenvalue weighted by atomic mass is 10.1. The third-order valence-electron chi connectivity index (χ3n) is 4.01. The first-order chi connectivity index (χ1) is 12.6. The van der Waals surface area contributed by atoms with Crippen molar-refractivity contribution in [3.05, 3.63) is 59.2 Å². The van der Waals surface area contributed by atoms with Crippen LogP contribution in [0.15, 0.2) is 47.4 Å². The molecule has 0 bridgehead atoms. The Labute approximate surface area is 160 Å². The van der Waals surface area contributed by atoms with Crippen molar-refractivity contribution in [3.8, 4) is 5.75 Å². The van der Waals surface area contributed by atoms with Crippen LogP contribution in [0.5, 0.6) is 5.75 Å². The van der Waals surface area contributed by atoms with E-state index >= 15 is 0 Å². The average molecular weight is 388 g/mol. The van der Waals surface area contributed by atoms with E-state index in [1.54, 1.807) is 32.2 Å². The molecule has 0 aliphatic rings. The molecule has 7 heteroatoms. The standard InChI is InChI=1S/C20H24N2O4S/c1-14-6-10-18(26-5)16(12-14)8-11-20(23)21-17-9-7-15(2)19(13-17)27(24,25)22(3)4/h6-13H,1-5H3,(H,21,23)/b11-8+. The normalized spacial score (nSPS) is 11.8. The predicted molar refractivity (Wildman–Crippen MR) is 107 cm³/mol. The van der Waals surface area contributed by atoms with Gasteiger partial charge in [0.25, 0.3) is 0 Å². The summed E-state index contributed by atoms with van der Waals surface area (Å²) >= 11 is 0. The quantitative estimate of drug-likeness (QED) is 0.771. The summed E-state index contributed by atoms with van der Waals surface area (Å²) in [5.41, 5.74) is 2.86. The van der Waals surface area contributed by atoms with Gasteiger partial charge in [0.15, 0.2) is 0 Å². The highest BCUT2D eigenvalue weighted by Gasteiger charge is 2.20. The molecule has 0 spiro atoms. The van der Waals surface area contributed by atoms with Crippen LogP contribution in [0.25, 0.3) is 6.08 Å². The van der Waals surface area contributed by atoms with E-state index in [1.165, 1.54) is 26.2 Å². The van der Waals surface area contributed by atoms with E-state index in [-0.39, 0.29) is 10.8 Å². The second-order valence-electron chi connectivity index (χ2n) is 6.34. The van der Waals surface area contributed by atoms with Crippen LogP contribution in [0, 0.1) is 13.8 Å². The molecule has 2 rings (SSSR count). The number of anilines is 1. The summed E-state index contributed by atoms with van der Waals surface area (Å²) in [6.45, 7) is 3.67. The van der Waals surface area contributed by atoms with Crippen molar-refractivity contribution in [1.29, 1.82) is 0 Å². The van der Waals surface area contributed by atoms with Crippen LogP contribution in [0.4, 0.5) is 5.69 Å². The number of amides is 1. The molecule has 0 unspecified atom stereocenters. The minimum Gasteiger partial charge on any atom is -0.496 e. The van der Waals surface area contributed by atoms with Crippen LogP contribution in [0.2, 0.25) is 0 Å². The molecule has 0 saturated carbocycles. The minimum absolute atomic E-state index is 0.162. The second-order valence-corrected chi connectivity index (χ2v) is 8.46. The van der Waals surface area contributed by atoms with Crippen molar-refractivity contribution >= 4 is 27.7 Å². The maximum atomic E-state index is 12.4. The first-order valence-electron chi connectivity index (χ1n) is 8.32. The van der Waals surface area contributed by atoms with Gasteiger partial charge in [0, 0.05) is 31.4 Å². The van der Waals surface area contributed by atoms with Crippen LogP contribution in [-0.4, -0.2) is 39.8 Å². The average Bonchev–Trinajstić information content (AvgIpc) is 2.61. The molecule has 144 valence electrons. The summed E-state index contributed by atoms with van der Waals surface area (Å²) in [4.78, 5) is 12.4. The minimum atomic E-state index is -3.59. The van der Waals surface area contributed by atoms with E-state index in [9.17, 15) is 13.2 Å². The molecular formula is C20H24N2O4S. The van der Waals surface area contributed by atoms with Gasteiger partial charge >= 0.3 is 0 Å². The van der Waals surface area contributed by atoms with Crippen molar-refractivity contribution in [1.82, 2.24) is 4.31 Å². The fourth-order valence-corrected chi connectivity index (χ4v) is 3.63. The zero-order valence-electron chi connectivity index (χ0n) is 16.1. The Hall–Kier alpha value is -2.64. The zero-order chi connectivity index (χ0) is 20.2. The molecule has 0 atom stereocenters. The van der Waals surface area contributed by atoms with E-state index in [1.807, 2.05) is 25.1 Å². The van der Waals surface area contributed by atoms with Crippen LogP contribution >= 0.6 is 0 Å². The predicted octanol–water partition coefficient (Wildman–Crippen LogP) is 3.21. The van der Waals surface area contributed by atoms with E-state index in [0.717, 1.165) is 15.4 Å². The first-order valence-corrected chi connectivity index (χ1v) is 9.76. The van der Waals surface area contributed by atoms with Gasteiger partial charge in [-0.3, -0.25) is 4.79 Å². The van der Waals surface area contributed by atoms with Gasteiger partial charge in [-0.25, -0.2) is 12.7 Å². The molecule has 1 amide bonds. The number of nitrogens with one attached hydrogen (secondary N) is 1. The van der Waals surface area contributed by atoms with Crippen molar-refractivity contribution in [2.45, 2.75) is 18.7 Å². The Balaban J connectivity index is 2.23. The van der Waals surface area contributed by atoms with Gasteiger partial charge in [0.05, 0.1) is 12.0 Å². The molecule has 0 fully saturated rings. The number of methoxy groups -OCH3 is 1. The number of sulfonamides is 1. The topological polar surface area (TPSA) is 75.7 Å². The highest BCUT2D eigenvalue weighted by atomic mass is 32.2. The first kappa shape index (κ1) is 20.7. The Morgan fingerprint density at radius 2 is 1.81 bits per heavy atom. The van der Waals surface area contributed by atoms with Gasteiger partial charge in [-0.05, 0) is 49.8 Å². The number of hydrogen-bond donors (Lipinski definition) is 1. The number of carbonyl (C=O) groups is 1. The van der Waals surface area contributed by atoms with E-state index < -0.39 is 10.0 Å². The van der Waals surface area contributed by atoms with Crippen LogP contribution in [0.1, 0.15) is 16.7 Å². The Morgan fingerprint density at radius 1 is 1.11 bits per heavy atom. The summed E-state index contributed by atoms with van der Waals surface area (Å²) in [5, 5.41) is 2.69. The van der Waals surface area contributed by atoms with E-state index in [4.69, 9.17) is 4.74 Å². The zero-order valence-corrected chi connectivity index (χ0v) is 16.9. The maximum Gasteiger partial charge on any atom is 0.248 e. The van der Waals surface area contributed by atoms with Crippen molar-refractivity contribution < 1.29 is 17.9 Å². The third-order valence-corrected chi connectivity index (χ3v) is 5.97. The highest BCUT2D eigenvalue weighted by Crippen LogP contribution is 2.23. The second kappa shape index (κ2) is 8.37. The largest absolute Gasteiger partial charge is 0.496 e. The van der Waals surface area contributed by atoms with Crippen molar-refractivity contribution in [2.75, 3.05) is 26.5 Å². The SMILES string of the molecule is COc1ccc(C)cc1/C=C/C(=O)Nc1ccc(C)c(S(=O)(=O)N(C)C)c1. The fraction of sp³-hybridized carbons (Fsp3) is 0.250. The molecule has 0 radical (unpaired) electrons. The molecule has 2 aromatic carbocycles. The summed E-state index contributed by atoms with van der Waals surface area (Å²) in [6, 6.07) is 10.5. The number of benzene rings is 2. The van der Waals surface area contributed by atoms with Gasteiger partial charge in [0.2, 0.25) is 15.9 Å². The Kier molecular flexibility index (Phi) is 6.41. The van der Waals surface area contributed by atoms with Gasteiger partial charge in [-0.15, -0.1) is 0 Å². The fourth-order valence-electron chi connectivity index (χ4n) is 2.49. The summed E-state index contributed by atoms with van der Waals surface area (Å²) in [6.07, 6.45) is 3.05. The van der Waals surface area contributed by atoms with Crippen LogP contribution < -0.4 is 10.1 Å². The van der Waals surface area contributed by atoms with Crippen LogP contribution in [0.3, 0.4) is 0 Å². The van der Waals surface area contributed by atoms with Crippen molar-refractivity contribution in [2.24, 2.45) is 0 Å². The molecule has 0 aliphatic heterocycles. The molecule has 27 heavy (non-hydrogen) atoms. The highest BCUT2D eigenvalue weighted by molar-refractivity contribution is 7.89. The van der Waals surface area contributed by atoms with Gasteiger partial charge in [0.1, 0.15) is 5.75 Å². The van der Waals surface area contributed by atoms with E-state index in [2.05, 4.69) is 5.32 Å². The van der Waals surface area contributed by atoms with Crippen LogP contribution in [-0.2, 0) is 14.8 Å². The monoisotopic (exact) mass is 388 g/mol.